The van der Waals surface area contributed by atoms with E-state index in [1.165, 1.54) is 12.8 Å². The molecule has 0 atom stereocenters. The lowest BCUT2D eigenvalue weighted by Crippen LogP contribution is -2.57. The maximum atomic E-state index is 12.9. The van der Waals surface area contributed by atoms with Gasteiger partial charge < -0.3 is 15.2 Å². The Morgan fingerprint density at radius 1 is 1.19 bits per heavy atom. The first-order chi connectivity index (χ1) is 12.5. The molecule has 0 radical (unpaired) electrons. The summed E-state index contributed by atoms with van der Waals surface area (Å²) >= 11 is 5.67. The van der Waals surface area contributed by atoms with Crippen LogP contribution in [0.5, 0.6) is 0 Å². The fraction of sp³-hybridized carbons (Fsp3) is 0.737. The minimum absolute atomic E-state index is 0.0632. The first kappa shape index (κ1) is 19.2. The molecule has 2 aliphatic rings. The standard InChI is InChI=1S/C19H28ClN3O3/c1-13-16(17(23-26-13)14-7-3-4-8-14)18(25)21-12-19(22-15(24)11-20)9-5-2-6-10-19/h14H,2-12H2,1H3,(H,21,25)(H,22,24). The number of amides is 2. The zero-order valence-electron chi connectivity index (χ0n) is 15.4. The third kappa shape index (κ3) is 4.22. The average molecular weight is 382 g/mol. The Morgan fingerprint density at radius 3 is 2.54 bits per heavy atom. The summed E-state index contributed by atoms with van der Waals surface area (Å²) in [4.78, 5) is 24.8. The van der Waals surface area contributed by atoms with Gasteiger partial charge in [0.15, 0.2) is 0 Å². The largest absolute Gasteiger partial charge is 0.361 e. The van der Waals surface area contributed by atoms with Gasteiger partial charge in [0, 0.05) is 12.5 Å². The third-order valence-electron chi connectivity index (χ3n) is 5.78. The first-order valence-electron chi connectivity index (χ1n) is 9.66. The minimum atomic E-state index is -0.404. The second-order valence-electron chi connectivity index (χ2n) is 7.69. The van der Waals surface area contributed by atoms with E-state index in [4.69, 9.17) is 16.1 Å². The van der Waals surface area contributed by atoms with E-state index in [-0.39, 0.29) is 17.7 Å². The molecule has 3 rings (SSSR count). The van der Waals surface area contributed by atoms with Crippen LogP contribution in [-0.4, -0.2) is 34.9 Å². The molecule has 1 heterocycles. The maximum absolute atomic E-state index is 12.9. The highest BCUT2D eigenvalue weighted by Gasteiger charge is 2.35. The molecule has 1 aromatic heterocycles. The van der Waals surface area contributed by atoms with Crippen LogP contribution < -0.4 is 10.6 Å². The van der Waals surface area contributed by atoms with Gasteiger partial charge >= 0.3 is 0 Å². The van der Waals surface area contributed by atoms with E-state index in [0.717, 1.165) is 50.6 Å². The SMILES string of the molecule is Cc1onc(C2CCCC2)c1C(=O)NCC1(NC(=O)CCl)CCCCC1. The van der Waals surface area contributed by atoms with Gasteiger partial charge in [-0.25, -0.2) is 0 Å². The van der Waals surface area contributed by atoms with E-state index in [1.54, 1.807) is 6.92 Å². The summed E-state index contributed by atoms with van der Waals surface area (Å²) < 4.78 is 5.33. The van der Waals surface area contributed by atoms with Gasteiger partial charge in [0.2, 0.25) is 5.91 Å². The Balaban J connectivity index is 1.70. The van der Waals surface area contributed by atoms with Crippen LogP contribution in [-0.2, 0) is 4.79 Å². The number of aryl methyl sites for hydroxylation is 1. The summed E-state index contributed by atoms with van der Waals surface area (Å²) in [6.07, 6.45) is 9.40. The van der Waals surface area contributed by atoms with Crippen LogP contribution in [0.4, 0.5) is 0 Å². The van der Waals surface area contributed by atoms with Crippen molar-refractivity contribution < 1.29 is 14.1 Å². The Bertz CT molecular complexity index is 646. The summed E-state index contributed by atoms with van der Waals surface area (Å²) in [6.45, 7) is 2.19. The van der Waals surface area contributed by atoms with E-state index in [1.807, 2.05) is 0 Å². The Morgan fingerprint density at radius 2 is 1.88 bits per heavy atom. The van der Waals surface area contributed by atoms with Crippen molar-refractivity contribution in [1.82, 2.24) is 15.8 Å². The highest BCUT2D eigenvalue weighted by Crippen LogP contribution is 2.36. The van der Waals surface area contributed by atoms with Gasteiger partial charge in [-0.15, -0.1) is 11.6 Å². The van der Waals surface area contributed by atoms with Gasteiger partial charge in [-0.2, -0.15) is 0 Å². The molecular weight excluding hydrogens is 354 g/mol. The van der Waals surface area contributed by atoms with E-state index in [9.17, 15) is 9.59 Å². The molecule has 2 N–H and O–H groups in total. The number of hydrogen-bond acceptors (Lipinski definition) is 4. The van der Waals surface area contributed by atoms with E-state index in [2.05, 4.69) is 15.8 Å². The summed E-state index contributed by atoms with van der Waals surface area (Å²) in [7, 11) is 0. The van der Waals surface area contributed by atoms with Gasteiger partial charge in [0.25, 0.3) is 5.91 Å². The average Bonchev–Trinajstić information content (AvgIpc) is 3.30. The summed E-state index contributed by atoms with van der Waals surface area (Å²) in [5, 5.41) is 10.2. The third-order valence-corrected chi connectivity index (χ3v) is 6.02. The number of carbonyl (C=O) groups is 2. The number of alkyl halides is 1. The van der Waals surface area contributed by atoms with E-state index < -0.39 is 5.54 Å². The minimum Gasteiger partial charge on any atom is -0.361 e. The fourth-order valence-electron chi connectivity index (χ4n) is 4.38. The van der Waals surface area contributed by atoms with Crippen molar-refractivity contribution in [2.24, 2.45) is 0 Å². The number of aromatic nitrogens is 1. The molecule has 6 nitrogen and oxygen atoms in total. The number of rotatable bonds is 6. The monoisotopic (exact) mass is 381 g/mol. The fourth-order valence-corrected chi connectivity index (χ4v) is 4.45. The summed E-state index contributed by atoms with van der Waals surface area (Å²) in [6, 6.07) is 0. The van der Waals surface area contributed by atoms with Crippen LogP contribution in [0.3, 0.4) is 0 Å². The molecule has 0 bridgehead atoms. The number of nitrogens with zero attached hydrogens (tertiary/aromatic N) is 1. The predicted molar refractivity (Wildman–Crippen MR) is 99.5 cm³/mol. The Labute approximate surface area is 159 Å². The number of hydrogen-bond donors (Lipinski definition) is 2. The quantitative estimate of drug-likeness (QED) is 0.739. The van der Waals surface area contributed by atoms with Gasteiger partial charge in [0.1, 0.15) is 17.2 Å². The van der Waals surface area contributed by atoms with Crippen LogP contribution >= 0.6 is 11.6 Å². The molecule has 0 spiro atoms. The van der Waals surface area contributed by atoms with Crippen LogP contribution in [0.15, 0.2) is 4.52 Å². The van der Waals surface area contributed by atoms with Crippen molar-refractivity contribution in [1.29, 1.82) is 0 Å². The molecule has 0 aromatic carbocycles. The molecule has 2 amide bonds. The second kappa shape index (κ2) is 8.42. The molecule has 0 unspecified atom stereocenters. The van der Waals surface area contributed by atoms with Gasteiger partial charge in [-0.05, 0) is 32.6 Å². The highest BCUT2D eigenvalue weighted by atomic mass is 35.5. The second-order valence-corrected chi connectivity index (χ2v) is 7.95. The number of nitrogens with one attached hydrogen (secondary N) is 2. The molecule has 2 aliphatic carbocycles. The van der Waals surface area contributed by atoms with Crippen molar-refractivity contribution in [3.8, 4) is 0 Å². The van der Waals surface area contributed by atoms with Gasteiger partial charge in [-0.3, -0.25) is 9.59 Å². The summed E-state index contributed by atoms with van der Waals surface area (Å²) in [5.74, 6) is 0.470. The predicted octanol–water partition coefficient (Wildman–Crippen LogP) is 3.43. The molecular formula is C19H28ClN3O3. The lowest BCUT2D eigenvalue weighted by atomic mass is 9.81. The topological polar surface area (TPSA) is 84.2 Å². The molecule has 26 heavy (non-hydrogen) atoms. The Kier molecular flexibility index (Phi) is 6.22. The molecule has 2 fully saturated rings. The Hall–Kier alpha value is -1.56. The lowest BCUT2D eigenvalue weighted by Gasteiger charge is -2.38. The van der Waals surface area contributed by atoms with Crippen LogP contribution in [0.25, 0.3) is 0 Å². The molecule has 0 saturated heterocycles. The van der Waals surface area contributed by atoms with Crippen molar-refractivity contribution in [2.75, 3.05) is 12.4 Å². The van der Waals surface area contributed by atoms with Gasteiger partial charge in [-0.1, -0.05) is 37.3 Å². The molecule has 1 aromatic rings. The first-order valence-corrected chi connectivity index (χ1v) is 10.2. The van der Waals surface area contributed by atoms with E-state index >= 15 is 0 Å². The molecule has 2 saturated carbocycles. The van der Waals surface area contributed by atoms with Crippen LogP contribution in [0.2, 0.25) is 0 Å². The zero-order valence-corrected chi connectivity index (χ0v) is 16.2. The molecule has 7 heteroatoms. The maximum Gasteiger partial charge on any atom is 0.256 e. The van der Waals surface area contributed by atoms with Gasteiger partial charge in [0.05, 0.1) is 11.2 Å². The van der Waals surface area contributed by atoms with Crippen LogP contribution in [0.1, 0.15) is 85.5 Å². The van der Waals surface area contributed by atoms with Crippen molar-refractivity contribution in [3.05, 3.63) is 17.0 Å². The summed E-state index contributed by atoms with van der Waals surface area (Å²) in [5.41, 5.74) is 0.963. The van der Waals surface area contributed by atoms with Crippen molar-refractivity contribution in [2.45, 2.75) is 76.2 Å². The van der Waals surface area contributed by atoms with Crippen molar-refractivity contribution in [3.63, 3.8) is 0 Å². The molecule has 144 valence electrons. The smallest absolute Gasteiger partial charge is 0.256 e. The molecule has 0 aliphatic heterocycles. The number of carbonyl (C=O) groups excluding carboxylic acids is 2. The number of halogens is 1. The zero-order chi connectivity index (χ0) is 18.6. The van der Waals surface area contributed by atoms with E-state index in [0.29, 0.717) is 23.8 Å². The van der Waals surface area contributed by atoms with Crippen molar-refractivity contribution >= 4 is 23.4 Å². The highest BCUT2D eigenvalue weighted by molar-refractivity contribution is 6.27. The lowest BCUT2D eigenvalue weighted by molar-refractivity contribution is -0.121. The normalized spacial score (nSPS) is 20.1. The van der Waals surface area contributed by atoms with Crippen LogP contribution in [0, 0.1) is 6.92 Å².